The number of hydrogen-bond acceptors (Lipinski definition) is 6. The van der Waals surface area contributed by atoms with E-state index in [9.17, 15) is 4.79 Å². The Bertz CT molecular complexity index is 563. The van der Waals surface area contributed by atoms with Crippen LogP contribution in [0.4, 0.5) is 5.95 Å². The van der Waals surface area contributed by atoms with Gasteiger partial charge in [-0.05, 0) is 32.6 Å². The third-order valence-corrected chi connectivity index (χ3v) is 4.62. The molecule has 23 heavy (non-hydrogen) atoms. The van der Waals surface area contributed by atoms with Crippen LogP contribution >= 0.6 is 0 Å². The first-order chi connectivity index (χ1) is 11.2. The van der Waals surface area contributed by atoms with E-state index in [1.54, 1.807) is 0 Å². The third kappa shape index (κ3) is 4.53. The minimum absolute atomic E-state index is 0.0188. The van der Waals surface area contributed by atoms with Crippen LogP contribution in [0.2, 0.25) is 0 Å². The maximum Gasteiger partial charge on any atom is 0.252 e. The lowest BCUT2D eigenvalue weighted by atomic mass is 9.84. The van der Waals surface area contributed by atoms with E-state index >= 15 is 0 Å². The molecule has 0 radical (unpaired) electrons. The number of nitrogens with zero attached hydrogens (tertiary/aromatic N) is 1. The van der Waals surface area contributed by atoms with Crippen LogP contribution in [0.25, 0.3) is 0 Å². The lowest BCUT2D eigenvalue weighted by Gasteiger charge is -2.43. The highest BCUT2D eigenvalue weighted by Gasteiger charge is 2.38. The summed E-state index contributed by atoms with van der Waals surface area (Å²) in [5, 5.41) is 6.75. The molecule has 3 heterocycles. The van der Waals surface area contributed by atoms with Gasteiger partial charge in [0.2, 0.25) is 5.95 Å². The highest BCUT2D eigenvalue weighted by atomic mass is 16.5. The van der Waals surface area contributed by atoms with Gasteiger partial charge in [-0.25, -0.2) is 4.98 Å². The van der Waals surface area contributed by atoms with E-state index in [0.717, 1.165) is 64.3 Å². The van der Waals surface area contributed by atoms with Gasteiger partial charge in [-0.3, -0.25) is 9.78 Å². The maximum atomic E-state index is 11.4. The Morgan fingerprint density at radius 3 is 2.96 bits per heavy atom. The van der Waals surface area contributed by atoms with Crippen LogP contribution in [-0.2, 0) is 9.47 Å². The summed E-state index contributed by atoms with van der Waals surface area (Å²) in [7, 11) is 0. The molecule has 2 fully saturated rings. The summed E-state index contributed by atoms with van der Waals surface area (Å²) in [6.45, 7) is 5.79. The van der Waals surface area contributed by atoms with Crippen molar-refractivity contribution in [1.29, 1.82) is 0 Å². The number of H-pyrrole nitrogens is 1. The van der Waals surface area contributed by atoms with Crippen LogP contribution in [0.5, 0.6) is 0 Å². The van der Waals surface area contributed by atoms with Crippen molar-refractivity contribution < 1.29 is 9.47 Å². The molecule has 0 saturated carbocycles. The van der Waals surface area contributed by atoms with Crippen LogP contribution < -0.4 is 16.2 Å². The highest BCUT2D eigenvalue weighted by molar-refractivity contribution is 5.24. The topological polar surface area (TPSA) is 88.3 Å². The quantitative estimate of drug-likeness (QED) is 0.695. The largest absolute Gasteiger partial charge is 0.381 e. The molecule has 0 amide bonds. The first-order valence-corrected chi connectivity index (χ1v) is 8.42. The number of aromatic amines is 1. The van der Waals surface area contributed by atoms with E-state index in [2.05, 4.69) is 20.6 Å². The van der Waals surface area contributed by atoms with Crippen LogP contribution in [0.15, 0.2) is 10.9 Å². The fourth-order valence-corrected chi connectivity index (χ4v) is 3.41. The van der Waals surface area contributed by atoms with Gasteiger partial charge in [-0.15, -0.1) is 0 Å². The van der Waals surface area contributed by atoms with Gasteiger partial charge in [-0.2, -0.15) is 0 Å². The van der Waals surface area contributed by atoms with E-state index in [1.807, 2.05) is 6.92 Å². The second kappa shape index (κ2) is 7.42. The monoisotopic (exact) mass is 322 g/mol. The first kappa shape index (κ1) is 16.4. The molecule has 0 bridgehead atoms. The SMILES string of the molecule is Cc1cc(=O)[nH]c(NCCN[C@@H]2CCOC3(CCOCC3)C2)n1. The van der Waals surface area contributed by atoms with Gasteiger partial charge in [0.1, 0.15) is 0 Å². The molecular weight excluding hydrogens is 296 g/mol. The fourth-order valence-electron chi connectivity index (χ4n) is 3.41. The Morgan fingerprint density at radius 2 is 2.17 bits per heavy atom. The van der Waals surface area contributed by atoms with Crippen molar-refractivity contribution in [3.63, 3.8) is 0 Å². The summed E-state index contributed by atoms with van der Waals surface area (Å²) in [5.41, 5.74) is 0.610. The average Bonchev–Trinajstić information content (AvgIpc) is 2.52. The van der Waals surface area contributed by atoms with Crippen molar-refractivity contribution in [2.24, 2.45) is 0 Å². The molecule has 3 rings (SSSR count). The zero-order valence-electron chi connectivity index (χ0n) is 13.7. The average molecular weight is 322 g/mol. The van der Waals surface area contributed by atoms with Crippen LogP contribution in [-0.4, -0.2) is 54.5 Å². The number of aromatic nitrogens is 2. The van der Waals surface area contributed by atoms with E-state index < -0.39 is 0 Å². The van der Waals surface area contributed by atoms with Gasteiger partial charge in [0.25, 0.3) is 5.56 Å². The molecule has 1 aromatic rings. The van der Waals surface area contributed by atoms with Crippen molar-refractivity contribution >= 4 is 5.95 Å². The standard InChI is InChI=1S/C16H26N4O3/c1-12-10-14(21)20-15(19-12)18-6-5-17-13-2-7-23-16(11-13)3-8-22-9-4-16/h10,13,17H,2-9,11H2,1H3,(H2,18,19,20,21)/t13-/m1/s1. The van der Waals surface area contributed by atoms with Crippen LogP contribution in [0, 0.1) is 6.92 Å². The highest BCUT2D eigenvalue weighted by Crippen LogP contribution is 2.34. The Morgan fingerprint density at radius 1 is 1.35 bits per heavy atom. The molecule has 2 aliphatic heterocycles. The Hall–Kier alpha value is -1.44. The molecule has 128 valence electrons. The summed E-state index contributed by atoms with van der Waals surface area (Å²) < 4.78 is 11.5. The predicted molar refractivity (Wildman–Crippen MR) is 87.8 cm³/mol. The number of hydrogen-bond donors (Lipinski definition) is 3. The number of anilines is 1. The van der Waals surface area contributed by atoms with E-state index in [1.165, 1.54) is 6.07 Å². The van der Waals surface area contributed by atoms with E-state index in [0.29, 0.717) is 12.0 Å². The van der Waals surface area contributed by atoms with Gasteiger partial charge < -0.3 is 20.1 Å². The molecule has 1 aromatic heterocycles. The van der Waals surface area contributed by atoms with Gasteiger partial charge >= 0.3 is 0 Å². The van der Waals surface area contributed by atoms with E-state index in [-0.39, 0.29) is 11.2 Å². The zero-order valence-corrected chi connectivity index (χ0v) is 13.7. The van der Waals surface area contributed by atoms with Crippen LogP contribution in [0.1, 0.15) is 31.4 Å². The summed E-state index contributed by atoms with van der Waals surface area (Å²) >= 11 is 0. The second-order valence-electron chi connectivity index (χ2n) is 6.45. The summed E-state index contributed by atoms with van der Waals surface area (Å²) in [4.78, 5) is 18.3. The van der Waals surface area contributed by atoms with Crippen molar-refractivity contribution in [2.45, 2.75) is 44.2 Å². The van der Waals surface area contributed by atoms with Crippen molar-refractivity contribution in [3.05, 3.63) is 22.1 Å². The van der Waals surface area contributed by atoms with Crippen molar-refractivity contribution in [1.82, 2.24) is 15.3 Å². The zero-order chi connectivity index (χ0) is 16.1. The summed E-state index contributed by atoms with van der Waals surface area (Å²) in [6, 6.07) is 1.96. The minimum atomic E-state index is -0.126. The number of rotatable bonds is 5. The number of nitrogens with one attached hydrogen (secondary N) is 3. The molecule has 0 unspecified atom stereocenters. The lowest BCUT2D eigenvalue weighted by Crippen LogP contribution is -2.50. The van der Waals surface area contributed by atoms with Crippen molar-refractivity contribution in [2.75, 3.05) is 38.2 Å². The smallest absolute Gasteiger partial charge is 0.252 e. The normalized spacial score (nSPS) is 23.8. The molecule has 7 nitrogen and oxygen atoms in total. The predicted octanol–water partition coefficient (Wildman–Crippen LogP) is 0.808. The van der Waals surface area contributed by atoms with E-state index in [4.69, 9.17) is 9.47 Å². The maximum absolute atomic E-state index is 11.4. The molecule has 2 saturated heterocycles. The molecule has 3 N–H and O–H groups in total. The van der Waals surface area contributed by atoms with Gasteiger partial charge in [0.15, 0.2) is 0 Å². The molecule has 1 atom stereocenters. The molecule has 2 aliphatic rings. The second-order valence-corrected chi connectivity index (χ2v) is 6.45. The lowest BCUT2D eigenvalue weighted by molar-refractivity contribution is -0.140. The van der Waals surface area contributed by atoms with Gasteiger partial charge in [-0.1, -0.05) is 0 Å². The van der Waals surface area contributed by atoms with Crippen LogP contribution in [0.3, 0.4) is 0 Å². The summed E-state index contributed by atoms with van der Waals surface area (Å²) in [6.07, 6.45) is 4.09. The number of aryl methyl sites for hydroxylation is 1. The molecule has 7 heteroatoms. The molecule has 0 aromatic carbocycles. The summed E-state index contributed by atoms with van der Waals surface area (Å²) in [5.74, 6) is 0.532. The third-order valence-electron chi connectivity index (χ3n) is 4.62. The Labute approximate surface area is 136 Å². The van der Waals surface area contributed by atoms with Gasteiger partial charge in [0.05, 0.1) is 5.60 Å². The molecule has 0 aliphatic carbocycles. The fraction of sp³-hybridized carbons (Fsp3) is 0.750. The molecular formula is C16H26N4O3. The van der Waals surface area contributed by atoms with Crippen molar-refractivity contribution in [3.8, 4) is 0 Å². The first-order valence-electron chi connectivity index (χ1n) is 8.42. The minimum Gasteiger partial charge on any atom is -0.381 e. The Balaban J connectivity index is 1.42. The Kier molecular flexibility index (Phi) is 5.30. The molecule has 1 spiro atoms. The number of ether oxygens (including phenoxy) is 2. The van der Waals surface area contributed by atoms with Gasteiger partial charge in [0, 0.05) is 50.7 Å².